The van der Waals surface area contributed by atoms with Crippen LogP contribution < -0.4 is 5.32 Å². The van der Waals surface area contributed by atoms with Crippen LogP contribution in [0, 0.1) is 0 Å². The van der Waals surface area contributed by atoms with Crippen LogP contribution in [-0.2, 0) is 0 Å². The first-order chi connectivity index (χ1) is 11.7. The molecule has 2 aromatic carbocycles. The largest absolute Gasteiger partial charge is 0.342 e. The van der Waals surface area contributed by atoms with Crippen molar-refractivity contribution in [2.45, 2.75) is 12.5 Å². The maximum absolute atomic E-state index is 12.5. The van der Waals surface area contributed by atoms with Crippen LogP contribution in [0.4, 0.5) is 0 Å². The fourth-order valence-electron chi connectivity index (χ4n) is 2.49. The summed E-state index contributed by atoms with van der Waals surface area (Å²) in [6.45, 7) is 0. The zero-order chi connectivity index (χ0) is 16.9. The van der Waals surface area contributed by atoms with E-state index in [0.717, 1.165) is 33.5 Å². The van der Waals surface area contributed by atoms with Gasteiger partial charge in [-0.3, -0.25) is 4.79 Å². The number of H-pyrrole nitrogens is 1. The highest BCUT2D eigenvalue weighted by Gasteiger charge is 2.19. The number of aromatic amines is 1. The SMILES string of the molecule is CSCC[C@@H](NC(=O)c1ccc(Br)cc1)c1nc2ccccc2[nH]1. The molecule has 0 spiro atoms. The highest BCUT2D eigenvalue weighted by Crippen LogP contribution is 2.21. The van der Waals surface area contributed by atoms with Gasteiger partial charge >= 0.3 is 0 Å². The van der Waals surface area contributed by atoms with Crippen molar-refractivity contribution in [1.82, 2.24) is 15.3 Å². The second-order valence-electron chi connectivity index (χ2n) is 5.45. The van der Waals surface area contributed by atoms with E-state index < -0.39 is 0 Å². The normalized spacial score (nSPS) is 12.2. The molecule has 24 heavy (non-hydrogen) atoms. The molecule has 2 N–H and O–H groups in total. The molecule has 1 heterocycles. The van der Waals surface area contributed by atoms with E-state index in [4.69, 9.17) is 0 Å². The van der Waals surface area contributed by atoms with E-state index in [-0.39, 0.29) is 11.9 Å². The Morgan fingerprint density at radius 3 is 2.71 bits per heavy atom. The molecule has 1 atom stereocenters. The topological polar surface area (TPSA) is 57.8 Å². The molecule has 0 aliphatic carbocycles. The van der Waals surface area contributed by atoms with E-state index >= 15 is 0 Å². The predicted molar refractivity (Wildman–Crippen MR) is 103 cm³/mol. The van der Waals surface area contributed by atoms with Crippen molar-refractivity contribution in [2.24, 2.45) is 0 Å². The highest BCUT2D eigenvalue weighted by atomic mass is 79.9. The summed E-state index contributed by atoms with van der Waals surface area (Å²) in [5.41, 5.74) is 2.54. The molecule has 3 rings (SSSR count). The number of hydrogen-bond acceptors (Lipinski definition) is 3. The number of halogens is 1. The van der Waals surface area contributed by atoms with Crippen molar-refractivity contribution < 1.29 is 4.79 Å². The lowest BCUT2D eigenvalue weighted by atomic mass is 10.1. The minimum absolute atomic E-state index is 0.0888. The molecule has 0 aliphatic heterocycles. The first kappa shape index (κ1) is 17.0. The van der Waals surface area contributed by atoms with Crippen LogP contribution in [0.15, 0.2) is 53.0 Å². The van der Waals surface area contributed by atoms with Crippen LogP contribution in [0.2, 0.25) is 0 Å². The first-order valence-electron chi connectivity index (χ1n) is 7.67. The van der Waals surface area contributed by atoms with Gasteiger partial charge in [0, 0.05) is 10.0 Å². The van der Waals surface area contributed by atoms with Crippen molar-refractivity contribution >= 4 is 44.6 Å². The molecule has 4 nitrogen and oxygen atoms in total. The van der Waals surface area contributed by atoms with Gasteiger partial charge in [0.25, 0.3) is 5.91 Å². The van der Waals surface area contributed by atoms with E-state index in [1.165, 1.54) is 0 Å². The average Bonchev–Trinajstić information content (AvgIpc) is 3.03. The third-order valence-corrected chi connectivity index (χ3v) is 4.93. The molecular weight excluding hydrogens is 386 g/mol. The summed E-state index contributed by atoms with van der Waals surface area (Å²) >= 11 is 5.14. The number of aromatic nitrogens is 2. The monoisotopic (exact) mass is 403 g/mol. The summed E-state index contributed by atoms with van der Waals surface area (Å²) in [7, 11) is 0. The van der Waals surface area contributed by atoms with Crippen molar-refractivity contribution in [2.75, 3.05) is 12.0 Å². The van der Waals surface area contributed by atoms with Gasteiger partial charge in [0.15, 0.2) is 0 Å². The van der Waals surface area contributed by atoms with E-state index in [0.29, 0.717) is 5.56 Å². The number of amides is 1. The second-order valence-corrected chi connectivity index (χ2v) is 7.35. The van der Waals surface area contributed by atoms with E-state index in [1.54, 1.807) is 11.8 Å². The molecule has 1 amide bonds. The highest BCUT2D eigenvalue weighted by molar-refractivity contribution is 9.10. The lowest BCUT2D eigenvalue weighted by molar-refractivity contribution is 0.0934. The first-order valence-corrected chi connectivity index (χ1v) is 9.86. The zero-order valence-corrected chi connectivity index (χ0v) is 15.7. The summed E-state index contributed by atoms with van der Waals surface area (Å²) in [5, 5.41) is 3.10. The molecule has 1 aromatic heterocycles. The summed E-state index contributed by atoms with van der Waals surface area (Å²) < 4.78 is 0.954. The van der Waals surface area contributed by atoms with Gasteiger partial charge in [-0.2, -0.15) is 11.8 Å². The average molecular weight is 404 g/mol. The number of rotatable bonds is 6. The van der Waals surface area contributed by atoms with Crippen LogP contribution in [0.25, 0.3) is 11.0 Å². The minimum Gasteiger partial charge on any atom is -0.342 e. The molecular formula is C18H18BrN3OS. The molecule has 6 heteroatoms. The Morgan fingerprint density at radius 2 is 2.00 bits per heavy atom. The number of benzene rings is 2. The smallest absolute Gasteiger partial charge is 0.251 e. The standard InChI is InChI=1S/C18H18BrN3OS/c1-24-11-10-16(17-20-14-4-2-3-5-15(14)21-17)22-18(23)12-6-8-13(19)9-7-12/h2-9,16H,10-11H2,1H3,(H,20,21)(H,22,23)/t16-/m1/s1. The van der Waals surface area contributed by atoms with Gasteiger partial charge in [-0.05, 0) is 54.8 Å². The Bertz CT molecular complexity index is 799. The molecule has 0 unspecified atom stereocenters. The summed E-state index contributed by atoms with van der Waals surface area (Å²) in [5.74, 6) is 1.66. The number of para-hydroxylation sites is 2. The van der Waals surface area contributed by atoms with Crippen molar-refractivity contribution in [3.05, 3.63) is 64.4 Å². The molecule has 0 aliphatic rings. The number of imidazole rings is 1. The van der Waals surface area contributed by atoms with Crippen molar-refractivity contribution in [3.63, 3.8) is 0 Å². The maximum Gasteiger partial charge on any atom is 0.251 e. The third kappa shape index (κ3) is 3.99. The Labute approximate surface area is 153 Å². The molecule has 0 saturated heterocycles. The zero-order valence-electron chi connectivity index (χ0n) is 13.3. The van der Waals surface area contributed by atoms with Crippen LogP contribution in [0.3, 0.4) is 0 Å². The summed E-state index contributed by atoms with van der Waals surface area (Å²) in [6, 6.07) is 15.1. The van der Waals surface area contributed by atoms with E-state index in [1.807, 2.05) is 48.5 Å². The molecule has 0 bridgehead atoms. The Hall–Kier alpha value is -1.79. The lowest BCUT2D eigenvalue weighted by Crippen LogP contribution is -2.29. The number of carbonyl (C=O) groups excluding carboxylic acids is 1. The fourth-order valence-corrected chi connectivity index (χ4v) is 3.23. The molecule has 124 valence electrons. The van der Waals surface area contributed by atoms with Gasteiger partial charge in [-0.15, -0.1) is 0 Å². The Morgan fingerprint density at radius 1 is 1.25 bits per heavy atom. The minimum atomic E-state index is -0.138. The lowest BCUT2D eigenvalue weighted by Gasteiger charge is -2.16. The number of nitrogens with zero attached hydrogens (tertiary/aromatic N) is 1. The molecule has 3 aromatic rings. The van der Waals surface area contributed by atoms with Gasteiger partial charge in [-0.25, -0.2) is 4.98 Å². The molecule has 0 radical (unpaired) electrons. The van der Waals surface area contributed by atoms with Crippen molar-refractivity contribution in [3.8, 4) is 0 Å². The number of carbonyl (C=O) groups is 1. The number of thioether (sulfide) groups is 1. The van der Waals surface area contributed by atoms with Gasteiger partial charge in [0.05, 0.1) is 17.1 Å². The van der Waals surface area contributed by atoms with Gasteiger partial charge in [0.1, 0.15) is 5.82 Å². The Kier molecular flexibility index (Phi) is 5.58. The van der Waals surface area contributed by atoms with E-state index in [9.17, 15) is 4.79 Å². The fraction of sp³-hybridized carbons (Fsp3) is 0.222. The van der Waals surface area contributed by atoms with Crippen LogP contribution in [0.1, 0.15) is 28.6 Å². The van der Waals surface area contributed by atoms with Crippen LogP contribution in [-0.4, -0.2) is 27.9 Å². The Balaban J connectivity index is 1.83. The quantitative estimate of drug-likeness (QED) is 0.634. The van der Waals surface area contributed by atoms with Gasteiger partial charge in [-0.1, -0.05) is 28.1 Å². The number of fused-ring (bicyclic) bond motifs is 1. The number of nitrogens with one attached hydrogen (secondary N) is 2. The van der Waals surface area contributed by atoms with E-state index in [2.05, 4.69) is 37.5 Å². The van der Waals surface area contributed by atoms with Gasteiger partial charge < -0.3 is 10.3 Å². The maximum atomic E-state index is 12.5. The molecule has 0 saturated carbocycles. The predicted octanol–water partition coefficient (Wildman–Crippen LogP) is 4.55. The van der Waals surface area contributed by atoms with Crippen molar-refractivity contribution in [1.29, 1.82) is 0 Å². The van der Waals surface area contributed by atoms with Crippen LogP contribution in [0.5, 0.6) is 0 Å². The third-order valence-electron chi connectivity index (χ3n) is 3.76. The van der Waals surface area contributed by atoms with Gasteiger partial charge in [0.2, 0.25) is 0 Å². The number of hydrogen-bond donors (Lipinski definition) is 2. The second kappa shape index (κ2) is 7.85. The summed E-state index contributed by atoms with van der Waals surface area (Å²) in [6.07, 6.45) is 2.88. The molecule has 0 fully saturated rings. The summed E-state index contributed by atoms with van der Waals surface area (Å²) in [4.78, 5) is 20.5. The van der Waals surface area contributed by atoms with Crippen LogP contribution >= 0.6 is 27.7 Å².